The molecule has 1 aromatic carbocycles. The molecule has 1 saturated heterocycles. The van der Waals surface area contributed by atoms with Crippen LogP contribution in [0.1, 0.15) is 19.4 Å². The van der Waals surface area contributed by atoms with Gasteiger partial charge in [0, 0.05) is 19.6 Å². The van der Waals surface area contributed by atoms with Crippen molar-refractivity contribution in [1.82, 2.24) is 4.90 Å². The van der Waals surface area contributed by atoms with E-state index in [1.165, 1.54) is 0 Å². The number of benzene rings is 1. The number of rotatable bonds is 3. The molecule has 0 bridgehead atoms. The second kappa shape index (κ2) is 5.59. The molecular weight excluding hydrogens is 230 g/mol. The number of nitrogens with zero attached hydrogens (tertiary/aromatic N) is 1. The Bertz CT molecular complexity index is 398. The Kier molecular flexibility index (Phi) is 4.09. The third-order valence-corrected chi connectivity index (χ3v) is 3.14. The van der Waals surface area contributed by atoms with Crippen LogP contribution in [0.15, 0.2) is 18.2 Å². The minimum atomic E-state index is 0.198. The Morgan fingerprint density at radius 2 is 2.00 bits per heavy atom. The second-order valence-corrected chi connectivity index (χ2v) is 4.96. The van der Waals surface area contributed by atoms with E-state index in [4.69, 9.17) is 9.47 Å². The van der Waals surface area contributed by atoms with E-state index < -0.39 is 0 Å². The predicted octanol–water partition coefficient (Wildman–Crippen LogP) is 2.01. The number of phenols is 1. The zero-order valence-corrected chi connectivity index (χ0v) is 11.2. The second-order valence-electron chi connectivity index (χ2n) is 4.96. The van der Waals surface area contributed by atoms with Crippen molar-refractivity contribution >= 4 is 0 Å². The summed E-state index contributed by atoms with van der Waals surface area (Å²) in [6.07, 6.45) is 0.529. The summed E-state index contributed by atoms with van der Waals surface area (Å²) >= 11 is 0. The van der Waals surface area contributed by atoms with Gasteiger partial charge in [-0.15, -0.1) is 0 Å². The molecule has 0 spiro atoms. The molecule has 4 nitrogen and oxygen atoms in total. The third-order valence-electron chi connectivity index (χ3n) is 3.14. The minimum Gasteiger partial charge on any atom is -0.504 e. The van der Waals surface area contributed by atoms with Gasteiger partial charge in [0.1, 0.15) is 0 Å². The SMILES string of the molecule is COc1ccc(CN2CC(C)OC(C)C2)cc1O. The lowest BCUT2D eigenvalue weighted by atomic mass is 10.1. The first-order valence-corrected chi connectivity index (χ1v) is 6.32. The number of morpholine rings is 1. The molecule has 0 saturated carbocycles. The lowest BCUT2D eigenvalue weighted by Gasteiger charge is -2.35. The van der Waals surface area contributed by atoms with E-state index in [1.54, 1.807) is 19.2 Å². The lowest BCUT2D eigenvalue weighted by Crippen LogP contribution is -2.44. The molecule has 2 atom stereocenters. The molecule has 2 unspecified atom stereocenters. The van der Waals surface area contributed by atoms with Gasteiger partial charge in [-0.2, -0.15) is 0 Å². The van der Waals surface area contributed by atoms with E-state index >= 15 is 0 Å². The number of hydrogen-bond donors (Lipinski definition) is 1. The zero-order chi connectivity index (χ0) is 13.1. The van der Waals surface area contributed by atoms with Crippen molar-refractivity contribution < 1.29 is 14.6 Å². The van der Waals surface area contributed by atoms with Crippen LogP contribution in [0, 0.1) is 0 Å². The number of ether oxygens (including phenoxy) is 2. The molecule has 2 rings (SSSR count). The van der Waals surface area contributed by atoms with Crippen molar-refractivity contribution in [2.75, 3.05) is 20.2 Å². The van der Waals surface area contributed by atoms with Crippen molar-refractivity contribution in [2.45, 2.75) is 32.6 Å². The highest BCUT2D eigenvalue weighted by Crippen LogP contribution is 2.27. The van der Waals surface area contributed by atoms with Crippen LogP contribution in [0.5, 0.6) is 11.5 Å². The molecule has 1 fully saturated rings. The summed E-state index contributed by atoms with van der Waals surface area (Å²) < 4.78 is 10.7. The van der Waals surface area contributed by atoms with Gasteiger partial charge in [-0.25, -0.2) is 0 Å². The summed E-state index contributed by atoms with van der Waals surface area (Å²) in [6.45, 7) is 6.87. The van der Waals surface area contributed by atoms with Gasteiger partial charge in [0.15, 0.2) is 11.5 Å². The van der Waals surface area contributed by atoms with E-state index in [2.05, 4.69) is 18.7 Å². The Labute approximate surface area is 108 Å². The van der Waals surface area contributed by atoms with Crippen molar-refractivity contribution in [1.29, 1.82) is 0 Å². The molecule has 1 aliphatic rings. The van der Waals surface area contributed by atoms with Crippen LogP contribution < -0.4 is 4.74 Å². The number of methoxy groups -OCH3 is 1. The van der Waals surface area contributed by atoms with Gasteiger partial charge in [-0.3, -0.25) is 4.90 Å². The van der Waals surface area contributed by atoms with Gasteiger partial charge in [-0.05, 0) is 31.5 Å². The maximum Gasteiger partial charge on any atom is 0.160 e. The standard InChI is InChI=1S/C14H21NO3/c1-10-7-15(8-11(2)18-10)9-12-4-5-14(17-3)13(16)6-12/h4-6,10-11,16H,7-9H2,1-3H3. The molecule has 0 aromatic heterocycles. The fraction of sp³-hybridized carbons (Fsp3) is 0.571. The zero-order valence-electron chi connectivity index (χ0n) is 11.2. The topological polar surface area (TPSA) is 41.9 Å². The fourth-order valence-corrected chi connectivity index (χ4v) is 2.51. The Hall–Kier alpha value is -1.26. The maximum atomic E-state index is 9.76. The number of aromatic hydroxyl groups is 1. The summed E-state index contributed by atoms with van der Waals surface area (Å²) in [4.78, 5) is 2.35. The third kappa shape index (κ3) is 3.15. The van der Waals surface area contributed by atoms with Gasteiger partial charge in [0.05, 0.1) is 19.3 Å². The maximum absolute atomic E-state index is 9.76. The van der Waals surface area contributed by atoms with E-state index in [1.807, 2.05) is 6.07 Å². The van der Waals surface area contributed by atoms with Crippen LogP contribution in [0.25, 0.3) is 0 Å². The van der Waals surface area contributed by atoms with Gasteiger partial charge >= 0.3 is 0 Å². The van der Waals surface area contributed by atoms with Crippen LogP contribution in [0.4, 0.5) is 0 Å². The average Bonchev–Trinajstić information content (AvgIpc) is 2.27. The highest BCUT2D eigenvalue weighted by Gasteiger charge is 2.22. The summed E-state index contributed by atoms with van der Waals surface area (Å²) in [5, 5.41) is 9.76. The van der Waals surface area contributed by atoms with Crippen LogP contribution in [-0.2, 0) is 11.3 Å². The van der Waals surface area contributed by atoms with Crippen molar-refractivity contribution in [3.05, 3.63) is 23.8 Å². The molecule has 18 heavy (non-hydrogen) atoms. The van der Waals surface area contributed by atoms with E-state index in [9.17, 15) is 5.11 Å². The van der Waals surface area contributed by atoms with Gasteiger partial charge in [-0.1, -0.05) is 6.07 Å². The Morgan fingerprint density at radius 3 is 2.56 bits per heavy atom. The first-order valence-electron chi connectivity index (χ1n) is 6.32. The molecule has 1 aliphatic heterocycles. The predicted molar refractivity (Wildman–Crippen MR) is 69.9 cm³/mol. The van der Waals surface area contributed by atoms with Gasteiger partial charge < -0.3 is 14.6 Å². The van der Waals surface area contributed by atoms with Crippen LogP contribution in [0.3, 0.4) is 0 Å². The van der Waals surface area contributed by atoms with Crippen LogP contribution in [-0.4, -0.2) is 42.4 Å². The van der Waals surface area contributed by atoms with Crippen molar-refractivity contribution in [2.24, 2.45) is 0 Å². The molecule has 0 amide bonds. The van der Waals surface area contributed by atoms with Gasteiger partial charge in [0.2, 0.25) is 0 Å². The largest absolute Gasteiger partial charge is 0.504 e. The fourth-order valence-electron chi connectivity index (χ4n) is 2.51. The molecule has 0 radical (unpaired) electrons. The summed E-state index contributed by atoms with van der Waals surface area (Å²) in [6, 6.07) is 5.56. The van der Waals surface area contributed by atoms with E-state index in [-0.39, 0.29) is 18.0 Å². The number of phenolic OH excluding ortho intramolecular Hbond substituents is 1. The van der Waals surface area contributed by atoms with Crippen molar-refractivity contribution in [3.8, 4) is 11.5 Å². The summed E-state index contributed by atoms with van der Waals surface area (Å²) in [5.41, 5.74) is 1.09. The smallest absolute Gasteiger partial charge is 0.160 e. The lowest BCUT2D eigenvalue weighted by molar-refractivity contribution is -0.0704. The molecule has 100 valence electrons. The molecule has 0 aliphatic carbocycles. The minimum absolute atomic E-state index is 0.198. The highest BCUT2D eigenvalue weighted by molar-refractivity contribution is 5.41. The molecule has 1 aromatic rings. The monoisotopic (exact) mass is 251 g/mol. The number of hydrogen-bond acceptors (Lipinski definition) is 4. The Morgan fingerprint density at radius 1 is 1.33 bits per heavy atom. The normalized spacial score (nSPS) is 25.1. The summed E-state index contributed by atoms with van der Waals surface area (Å²) in [7, 11) is 1.56. The molecular formula is C14H21NO3. The summed E-state index contributed by atoms with van der Waals surface area (Å²) in [5.74, 6) is 0.715. The van der Waals surface area contributed by atoms with E-state index in [0.717, 1.165) is 25.2 Å². The van der Waals surface area contributed by atoms with E-state index in [0.29, 0.717) is 5.75 Å². The molecule has 4 heteroatoms. The van der Waals surface area contributed by atoms with Crippen LogP contribution in [0.2, 0.25) is 0 Å². The first-order chi connectivity index (χ1) is 8.58. The van der Waals surface area contributed by atoms with Gasteiger partial charge in [0.25, 0.3) is 0 Å². The molecule has 1 N–H and O–H groups in total. The average molecular weight is 251 g/mol. The Balaban J connectivity index is 2.02. The molecule has 1 heterocycles. The van der Waals surface area contributed by atoms with Crippen molar-refractivity contribution in [3.63, 3.8) is 0 Å². The highest BCUT2D eigenvalue weighted by atomic mass is 16.5. The first kappa shape index (κ1) is 13.2. The van der Waals surface area contributed by atoms with Crippen LogP contribution >= 0.6 is 0 Å². The quantitative estimate of drug-likeness (QED) is 0.892.